The first kappa shape index (κ1) is 33.4. The molecule has 2 aliphatic heterocycles. The van der Waals surface area contributed by atoms with Gasteiger partial charge in [-0.25, -0.2) is 9.59 Å². The maximum atomic E-state index is 13.7. The van der Waals surface area contributed by atoms with Gasteiger partial charge in [0.1, 0.15) is 18.0 Å². The van der Waals surface area contributed by atoms with Crippen LogP contribution < -0.4 is 18.9 Å². The minimum atomic E-state index is -0.942. The second kappa shape index (κ2) is 13.9. The molecule has 3 aliphatic rings. The van der Waals surface area contributed by atoms with E-state index in [9.17, 15) is 14.4 Å². The summed E-state index contributed by atoms with van der Waals surface area (Å²) in [5.41, 5.74) is 3.62. The molecule has 1 N–H and O–H groups in total. The molecule has 1 aliphatic carbocycles. The summed E-state index contributed by atoms with van der Waals surface area (Å²) in [6.45, 7) is 3.37. The minimum absolute atomic E-state index is 0.0356. The molecule has 0 unspecified atom stereocenters. The Hall–Kier alpha value is -4.49. The number of carbonyl (C=O) groups excluding carboxylic acids is 3. The summed E-state index contributed by atoms with van der Waals surface area (Å²) in [6.07, 6.45) is -0.298. The average Bonchev–Trinajstić information content (AvgIpc) is 3.48. The fourth-order valence-corrected chi connectivity index (χ4v) is 7.89. The van der Waals surface area contributed by atoms with Crippen LogP contribution in [0, 0.1) is 17.8 Å². The molecule has 0 bridgehead atoms. The molecule has 258 valence electrons. The van der Waals surface area contributed by atoms with Crippen molar-refractivity contribution in [2.75, 3.05) is 55.2 Å². The highest BCUT2D eigenvalue weighted by molar-refractivity contribution is 5.92. The van der Waals surface area contributed by atoms with Crippen molar-refractivity contribution >= 4 is 29.0 Å². The summed E-state index contributed by atoms with van der Waals surface area (Å²) in [4.78, 5) is 45.3. The lowest BCUT2D eigenvalue weighted by atomic mass is 9.63. The van der Waals surface area contributed by atoms with Crippen molar-refractivity contribution in [1.82, 2.24) is 9.88 Å². The van der Waals surface area contributed by atoms with Crippen molar-refractivity contribution in [2.45, 2.75) is 44.4 Å². The third-order valence-electron chi connectivity index (χ3n) is 10.0. The molecule has 3 heterocycles. The third-order valence-corrected chi connectivity index (χ3v) is 10.0. The Labute approximate surface area is 278 Å². The van der Waals surface area contributed by atoms with Crippen molar-refractivity contribution in [3.05, 3.63) is 47.2 Å². The molecule has 2 fully saturated rings. The molecule has 1 aromatic heterocycles. The molecular weight excluding hydrogens is 624 g/mol. The topological polar surface area (TPSA) is 144 Å². The van der Waals surface area contributed by atoms with E-state index in [0.29, 0.717) is 6.42 Å². The highest BCUT2D eigenvalue weighted by Crippen LogP contribution is 2.51. The van der Waals surface area contributed by atoms with Crippen molar-refractivity contribution in [1.29, 1.82) is 0 Å². The fraction of sp³-hybridized carbons (Fsp3) is 0.514. The normalized spacial score (nSPS) is 24.8. The van der Waals surface area contributed by atoms with E-state index in [1.165, 1.54) is 57.2 Å². The van der Waals surface area contributed by atoms with E-state index in [-0.39, 0.29) is 47.3 Å². The summed E-state index contributed by atoms with van der Waals surface area (Å²) in [6, 6.07) is 9.00. The lowest BCUT2D eigenvalue weighted by Gasteiger charge is -2.52. The average molecular weight is 667 g/mol. The van der Waals surface area contributed by atoms with Gasteiger partial charge in [0.05, 0.1) is 52.6 Å². The van der Waals surface area contributed by atoms with Crippen LogP contribution in [0.5, 0.6) is 23.0 Å². The summed E-state index contributed by atoms with van der Waals surface area (Å²) in [7, 11) is 7.30. The number of hydrogen-bond donors (Lipinski definition) is 1. The molecule has 3 aromatic rings. The van der Waals surface area contributed by atoms with Crippen molar-refractivity contribution in [3.63, 3.8) is 0 Å². The van der Waals surface area contributed by atoms with Gasteiger partial charge in [-0.15, -0.1) is 0 Å². The highest BCUT2D eigenvalue weighted by atomic mass is 16.7. The van der Waals surface area contributed by atoms with E-state index in [2.05, 4.69) is 16.0 Å². The van der Waals surface area contributed by atoms with Gasteiger partial charge in [0.25, 0.3) is 0 Å². The van der Waals surface area contributed by atoms with Crippen LogP contribution in [0.2, 0.25) is 0 Å². The van der Waals surface area contributed by atoms with Crippen LogP contribution in [0.15, 0.2) is 30.3 Å². The lowest BCUT2D eigenvalue weighted by Crippen LogP contribution is -2.58. The predicted octanol–water partition coefficient (Wildman–Crippen LogP) is 4.70. The van der Waals surface area contributed by atoms with E-state index in [0.717, 1.165) is 37.2 Å². The minimum Gasteiger partial charge on any atom is -0.497 e. The quantitative estimate of drug-likeness (QED) is 0.192. The molecule has 6 rings (SSSR count). The van der Waals surface area contributed by atoms with Gasteiger partial charge >= 0.3 is 18.1 Å². The van der Waals surface area contributed by atoms with Crippen LogP contribution in [-0.4, -0.2) is 95.4 Å². The van der Waals surface area contributed by atoms with E-state index in [1.54, 1.807) is 14.0 Å². The fourth-order valence-electron chi connectivity index (χ4n) is 7.89. The Balaban J connectivity index is 1.27. The number of H-pyrrole nitrogens is 1. The first-order valence-electron chi connectivity index (χ1n) is 16.1. The number of aromatic nitrogens is 1. The number of ether oxygens (including phenoxy) is 8. The van der Waals surface area contributed by atoms with Crippen molar-refractivity contribution in [2.24, 2.45) is 17.8 Å². The number of piperidine rings is 1. The molecule has 13 nitrogen and oxygen atoms in total. The Bertz CT molecular complexity index is 1660. The van der Waals surface area contributed by atoms with Gasteiger partial charge < -0.3 is 42.9 Å². The van der Waals surface area contributed by atoms with Gasteiger partial charge in [-0.2, -0.15) is 0 Å². The summed E-state index contributed by atoms with van der Waals surface area (Å²) in [5.74, 6) is -0.833. The Morgan fingerprint density at radius 3 is 2.35 bits per heavy atom. The van der Waals surface area contributed by atoms with E-state index in [1.807, 2.05) is 12.1 Å². The lowest BCUT2D eigenvalue weighted by molar-refractivity contribution is -0.176. The van der Waals surface area contributed by atoms with Crippen LogP contribution in [0.25, 0.3) is 10.9 Å². The number of methoxy groups -OCH3 is 5. The van der Waals surface area contributed by atoms with Crippen LogP contribution in [0.4, 0.5) is 4.79 Å². The molecule has 0 spiro atoms. The molecule has 2 aromatic carbocycles. The number of benzene rings is 2. The molecule has 1 saturated carbocycles. The highest BCUT2D eigenvalue weighted by Gasteiger charge is 2.54. The molecule has 1 saturated heterocycles. The molecule has 48 heavy (non-hydrogen) atoms. The SMILES string of the molecule is CCOC(=O)Oc1c(OC)cc(C(=O)O[C@@H]2C[C@@H]3CN4CCc5c([nH]c6cc(OC)ccc56)[C@H]4C[C@@H]3[C@H](C(=O)OC)[C@H]2OC)cc1OC. The maximum Gasteiger partial charge on any atom is 0.514 e. The van der Waals surface area contributed by atoms with Gasteiger partial charge in [-0.05, 0) is 67.9 Å². The number of rotatable bonds is 9. The van der Waals surface area contributed by atoms with Crippen LogP contribution in [0.3, 0.4) is 0 Å². The Morgan fingerprint density at radius 1 is 0.958 bits per heavy atom. The second-order valence-electron chi connectivity index (χ2n) is 12.3. The van der Waals surface area contributed by atoms with Gasteiger partial charge in [-0.3, -0.25) is 9.69 Å². The zero-order chi connectivity index (χ0) is 34.1. The smallest absolute Gasteiger partial charge is 0.497 e. The largest absolute Gasteiger partial charge is 0.514 e. The Kier molecular flexibility index (Phi) is 9.70. The predicted molar refractivity (Wildman–Crippen MR) is 172 cm³/mol. The molecule has 6 atom stereocenters. The first-order valence-corrected chi connectivity index (χ1v) is 16.1. The number of aromatic amines is 1. The standard InChI is InChI=1S/C35H42N2O11/c1-7-46-35(40)48-31-26(42-3)12-18(13-27(31)43-4)33(38)47-28-14-19-17-37-11-10-22-21-9-8-20(41-2)15-24(21)36-30(22)25(37)16-23(19)29(32(28)44-5)34(39)45-6/h8-9,12-13,15,19,23,25,28-29,32,36H,7,10-11,14,16-17H2,1-6H3/t19-,23+,25-,28-,29+,32+/m1/s1. The molecule has 13 heteroatoms. The van der Waals surface area contributed by atoms with Crippen LogP contribution in [-0.2, 0) is 30.2 Å². The number of esters is 2. The second-order valence-corrected chi connectivity index (χ2v) is 12.3. The van der Waals surface area contributed by atoms with E-state index < -0.39 is 36.2 Å². The Morgan fingerprint density at radius 2 is 1.71 bits per heavy atom. The summed E-state index contributed by atoms with van der Waals surface area (Å²) < 4.78 is 43.8. The zero-order valence-electron chi connectivity index (χ0n) is 28.0. The first-order chi connectivity index (χ1) is 23.2. The van der Waals surface area contributed by atoms with Gasteiger partial charge in [0, 0.05) is 42.9 Å². The molecule has 0 amide bonds. The molecule has 0 radical (unpaired) electrons. The zero-order valence-corrected chi connectivity index (χ0v) is 28.0. The van der Waals surface area contributed by atoms with Crippen molar-refractivity contribution in [3.8, 4) is 23.0 Å². The number of hydrogen-bond acceptors (Lipinski definition) is 12. The van der Waals surface area contributed by atoms with Crippen LogP contribution >= 0.6 is 0 Å². The number of nitrogens with zero attached hydrogens (tertiary/aromatic N) is 1. The van der Waals surface area contributed by atoms with Gasteiger partial charge in [0.2, 0.25) is 5.75 Å². The third kappa shape index (κ3) is 6.00. The van der Waals surface area contributed by atoms with Crippen LogP contribution in [0.1, 0.15) is 47.4 Å². The summed E-state index contributed by atoms with van der Waals surface area (Å²) in [5, 5.41) is 1.19. The monoisotopic (exact) mass is 666 g/mol. The van der Waals surface area contributed by atoms with Crippen molar-refractivity contribution < 1.29 is 52.3 Å². The number of fused-ring (bicyclic) bond motifs is 6. The van der Waals surface area contributed by atoms with E-state index >= 15 is 0 Å². The molecular formula is C35H42N2O11. The van der Waals surface area contributed by atoms with Gasteiger partial charge in [-0.1, -0.05) is 0 Å². The maximum absolute atomic E-state index is 13.7. The number of carbonyl (C=O) groups is 3. The number of nitrogens with one attached hydrogen (secondary N) is 1. The van der Waals surface area contributed by atoms with Gasteiger partial charge in [0.15, 0.2) is 11.5 Å². The summed E-state index contributed by atoms with van der Waals surface area (Å²) >= 11 is 0. The van der Waals surface area contributed by atoms with E-state index in [4.69, 9.17) is 37.9 Å².